The van der Waals surface area contributed by atoms with Crippen LogP contribution in [0.1, 0.15) is 49.4 Å². The van der Waals surface area contributed by atoms with Gasteiger partial charge >= 0.3 is 5.97 Å². The molecule has 1 saturated carbocycles. The maximum absolute atomic E-state index is 12.0. The molecule has 22 heavy (non-hydrogen) atoms. The van der Waals surface area contributed by atoms with E-state index in [1.54, 1.807) is 31.2 Å². The van der Waals surface area contributed by atoms with E-state index >= 15 is 0 Å². The van der Waals surface area contributed by atoms with Gasteiger partial charge in [0, 0.05) is 11.6 Å². The zero-order valence-corrected chi connectivity index (χ0v) is 13.6. The third-order valence-electron chi connectivity index (χ3n) is 4.02. The molecule has 1 aliphatic rings. The van der Waals surface area contributed by atoms with Crippen molar-refractivity contribution in [1.29, 1.82) is 0 Å². The van der Waals surface area contributed by atoms with E-state index in [1.807, 2.05) is 0 Å². The van der Waals surface area contributed by atoms with E-state index in [-0.39, 0.29) is 5.91 Å². The fourth-order valence-corrected chi connectivity index (χ4v) is 2.77. The molecule has 0 heterocycles. The fourth-order valence-electron chi connectivity index (χ4n) is 2.65. The molecule has 0 unspecified atom stereocenters. The maximum atomic E-state index is 12.0. The van der Waals surface area contributed by atoms with Gasteiger partial charge in [-0.3, -0.25) is 4.79 Å². The lowest BCUT2D eigenvalue weighted by Crippen LogP contribution is -2.38. The quantitative estimate of drug-likeness (QED) is 0.843. The van der Waals surface area contributed by atoms with E-state index in [4.69, 9.17) is 16.3 Å². The van der Waals surface area contributed by atoms with E-state index in [9.17, 15) is 9.59 Å². The molecule has 0 saturated heterocycles. The Balaban J connectivity index is 1.77. The lowest BCUT2D eigenvalue weighted by atomic mass is 9.89. The summed E-state index contributed by atoms with van der Waals surface area (Å²) in [7, 11) is 0. The standard InChI is InChI=1S/C17H22ClNO3/c1-12(16(20)19-11-13-5-3-2-4-6-13)22-17(21)14-7-9-15(18)10-8-14/h7-10,12-13H,2-6,11H2,1H3,(H,19,20)/t12-/m1/s1. The largest absolute Gasteiger partial charge is 0.449 e. The van der Waals surface area contributed by atoms with Crippen molar-refractivity contribution in [2.45, 2.75) is 45.1 Å². The van der Waals surface area contributed by atoms with Gasteiger partial charge in [-0.15, -0.1) is 0 Å². The number of esters is 1. The van der Waals surface area contributed by atoms with Crippen molar-refractivity contribution in [3.8, 4) is 0 Å². The van der Waals surface area contributed by atoms with Gasteiger partial charge in [0.1, 0.15) is 0 Å². The molecular weight excluding hydrogens is 302 g/mol. The number of ether oxygens (including phenoxy) is 1. The van der Waals surface area contributed by atoms with Gasteiger partial charge in [0.05, 0.1) is 5.56 Å². The second-order valence-electron chi connectivity index (χ2n) is 5.80. The van der Waals surface area contributed by atoms with E-state index in [1.165, 1.54) is 32.1 Å². The zero-order valence-electron chi connectivity index (χ0n) is 12.8. The van der Waals surface area contributed by atoms with Crippen LogP contribution in [0.3, 0.4) is 0 Å². The number of carbonyl (C=O) groups is 2. The molecule has 1 fully saturated rings. The molecule has 1 N–H and O–H groups in total. The Morgan fingerprint density at radius 2 is 1.86 bits per heavy atom. The Morgan fingerprint density at radius 3 is 2.50 bits per heavy atom. The number of benzene rings is 1. The molecule has 1 aromatic rings. The van der Waals surface area contributed by atoms with E-state index in [0.29, 0.717) is 23.0 Å². The molecule has 120 valence electrons. The Bertz CT molecular complexity index is 509. The Labute approximate surface area is 136 Å². The summed E-state index contributed by atoms with van der Waals surface area (Å²) in [5, 5.41) is 3.43. The van der Waals surface area contributed by atoms with Gasteiger partial charge in [0.15, 0.2) is 6.10 Å². The number of nitrogens with one attached hydrogen (secondary N) is 1. The van der Waals surface area contributed by atoms with Crippen LogP contribution < -0.4 is 5.32 Å². The Kier molecular flexibility index (Phi) is 6.25. The summed E-state index contributed by atoms with van der Waals surface area (Å²) < 4.78 is 5.18. The van der Waals surface area contributed by atoms with Crippen LogP contribution in [-0.4, -0.2) is 24.5 Å². The van der Waals surface area contributed by atoms with Gasteiger partial charge < -0.3 is 10.1 Å². The first-order valence-corrected chi connectivity index (χ1v) is 8.18. The average molecular weight is 324 g/mol. The molecule has 0 spiro atoms. The maximum Gasteiger partial charge on any atom is 0.338 e. The molecule has 5 heteroatoms. The Morgan fingerprint density at radius 1 is 1.23 bits per heavy atom. The lowest BCUT2D eigenvalue weighted by Gasteiger charge is -2.22. The predicted molar refractivity (Wildman–Crippen MR) is 85.9 cm³/mol. The second-order valence-corrected chi connectivity index (χ2v) is 6.24. The lowest BCUT2D eigenvalue weighted by molar-refractivity contribution is -0.129. The minimum absolute atomic E-state index is 0.243. The normalized spacial score (nSPS) is 16.8. The summed E-state index contributed by atoms with van der Waals surface area (Å²) in [4.78, 5) is 23.9. The van der Waals surface area contributed by atoms with Crippen molar-refractivity contribution in [3.05, 3.63) is 34.9 Å². The predicted octanol–water partition coefficient (Wildman–Crippen LogP) is 3.58. The topological polar surface area (TPSA) is 55.4 Å². The van der Waals surface area contributed by atoms with Crippen LogP contribution in [0, 0.1) is 5.92 Å². The molecule has 2 rings (SSSR count). The van der Waals surface area contributed by atoms with Crippen LogP contribution in [0.4, 0.5) is 0 Å². The summed E-state index contributed by atoms with van der Waals surface area (Å²) in [6.07, 6.45) is 5.30. The van der Waals surface area contributed by atoms with Gasteiger partial charge in [0.25, 0.3) is 5.91 Å². The van der Waals surface area contributed by atoms with Gasteiger partial charge in [-0.1, -0.05) is 30.9 Å². The van der Waals surface area contributed by atoms with E-state index < -0.39 is 12.1 Å². The number of halogens is 1. The monoisotopic (exact) mass is 323 g/mol. The fraction of sp³-hybridized carbons (Fsp3) is 0.529. The molecule has 1 atom stereocenters. The molecule has 0 bridgehead atoms. The molecule has 0 aliphatic heterocycles. The first-order valence-electron chi connectivity index (χ1n) is 7.80. The zero-order chi connectivity index (χ0) is 15.9. The van der Waals surface area contributed by atoms with Gasteiger partial charge in [-0.05, 0) is 49.9 Å². The summed E-state index contributed by atoms with van der Waals surface area (Å²) in [5.41, 5.74) is 0.385. The minimum Gasteiger partial charge on any atom is -0.449 e. The molecule has 1 aliphatic carbocycles. The van der Waals surface area contributed by atoms with Crippen LogP contribution in [0.15, 0.2) is 24.3 Å². The van der Waals surface area contributed by atoms with Gasteiger partial charge in [0.2, 0.25) is 0 Å². The first-order chi connectivity index (χ1) is 10.6. The van der Waals surface area contributed by atoms with Crippen LogP contribution in [0.5, 0.6) is 0 Å². The summed E-state index contributed by atoms with van der Waals surface area (Å²) >= 11 is 5.77. The molecule has 4 nitrogen and oxygen atoms in total. The SMILES string of the molecule is C[C@@H](OC(=O)c1ccc(Cl)cc1)C(=O)NCC1CCCCC1. The average Bonchev–Trinajstić information content (AvgIpc) is 2.54. The molecular formula is C17H22ClNO3. The number of hydrogen-bond acceptors (Lipinski definition) is 3. The highest BCUT2D eigenvalue weighted by molar-refractivity contribution is 6.30. The molecule has 1 aromatic carbocycles. The highest BCUT2D eigenvalue weighted by atomic mass is 35.5. The molecule has 0 radical (unpaired) electrons. The highest BCUT2D eigenvalue weighted by Crippen LogP contribution is 2.22. The molecule has 1 amide bonds. The van der Waals surface area contributed by atoms with Crippen molar-refractivity contribution in [1.82, 2.24) is 5.32 Å². The highest BCUT2D eigenvalue weighted by Gasteiger charge is 2.20. The van der Waals surface area contributed by atoms with Crippen LogP contribution >= 0.6 is 11.6 Å². The minimum atomic E-state index is -0.799. The van der Waals surface area contributed by atoms with E-state index in [0.717, 1.165) is 0 Å². The van der Waals surface area contributed by atoms with Gasteiger partial charge in [-0.25, -0.2) is 4.79 Å². The number of rotatable bonds is 5. The summed E-state index contributed by atoms with van der Waals surface area (Å²) in [6, 6.07) is 6.40. The van der Waals surface area contributed by atoms with Gasteiger partial charge in [-0.2, -0.15) is 0 Å². The van der Waals surface area contributed by atoms with Crippen molar-refractivity contribution in [3.63, 3.8) is 0 Å². The number of hydrogen-bond donors (Lipinski definition) is 1. The van der Waals surface area contributed by atoms with Crippen molar-refractivity contribution < 1.29 is 14.3 Å². The van der Waals surface area contributed by atoms with Crippen molar-refractivity contribution >= 4 is 23.5 Å². The van der Waals surface area contributed by atoms with Crippen LogP contribution in [-0.2, 0) is 9.53 Å². The third kappa shape index (κ3) is 5.02. The number of carbonyl (C=O) groups excluding carboxylic acids is 2. The summed E-state index contributed by atoms with van der Waals surface area (Å²) in [5.74, 6) is -0.207. The second kappa shape index (κ2) is 8.18. The van der Waals surface area contributed by atoms with Crippen LogP contribution in [0.25, 0.3) is 0 Å². The Hall–Kier alpha value is -1.55. The number of amides is 1. The summed E-state index contributed by atoms with van der Waals surface area (Å²) in [6.45, 7) is 2.26. The van der Waals surface area contributed by atoms with E-state index in [2.05, 4.69) is 5.32 Å². The third-order valence-corrected chi connectivity index (χ3v) is 4.27. The van der Waals surface area contributed by atoms with Crippen LogP contribution in [0.2, 0.25) is 5.02 Å². The smallest absolute Gasteiger partial charge is 0.338 e. The van der Waals surface area contributed by atoms with Crippen molar-refractivity contribution in [2.24, 2.45) is 5.92 Å². The molecule has 0 aromatic heterocycles. The first kappa shape index (κ1) is 16.8. The van der Waals surface area contributed by atoms with Crippen molar-refractivity contribution in [2.75, 3.05) is 6.54 Å².